The minimum Gasteiger partial charge on any atom is -0.661 e. The van der Waals surface area contributed by atoms with Gasteiger partial charge in [0.15, 0.2) is 0 Å². The van der Waals surface area contributed by atoms with Gasteiger partial charge >= 0.3 is 51.4 Å². The Hall–Kier alpha value is 1.48. The van der Waals surface area contributed by atoms with Crippen LogP contribution in [0.5, 0.6) is 0 Å². The van der Waals surface area contributed by atoms with Gasteiger partial charge in [0.1, 0.15) is 0 Å². The maximum atomic E-state index is 4.41. The van der Waals surface area contributed by atoms with Crippen molar-refractivity contribution < 1.29 is 51.4 Å². The topological polar surface area (TPSA) is 23.8 Å². The molecule has 0 aromatic carbocycles. The van der Waals surface area contributed by atoms with E-state index in [4.69, 9.17) is 0 Å². The molecule has 4 nitrogen and oxygen atoms in total. The summed E-state index contributed by atoms with van der Waals surface area (Å²) >= 11 is 0. The Balaban J connectivity index is 0.000000191. The van der Waals surface area contributed by atoms with Crippen LogP contribution < -0.4 is 51.4 Å². The third kappa shape index (κ3) is 6.41. The number of fused-ring (bicyclic) bond motifs is 3. The largest absolute Gasteiger partial charge is 1.00 e. The molecule has 4 rings (SSSR count). The Labute approximate surface area is 180 Å². The quantitative estimate of drug-likeness (QED) is 0.546. The Morgan fingerprint density at radius 2 is 1.64 bits per heavy atom. The van der Waals surface area contributed by atoms with Crippen LogP contribution >= 0.6 is 0 Å². The van der Waals surface area contributed by atoms with Crippen LogP contribution in [0.1, 0.15) is 39.5 Å². The van der Waals surface area contributed by atoms with Crippen molar-refractivity contribution >= 4 is 0 Å². The molecule has 124 valence electrons. The molecule has 4 aliphatic heterocycles. The second kappa shape index (κ2) is 11.9. The standard InChI is InChI=1S/C8H15N2.C7H14N2.C2H6.K/c1-2-8-3-4-9-5-7-10(8)6-1;1-8-4-5-9-3-2-7(8)6-9;1-2;/h8H,1-7H2;7H,2-6H2,1H3;1-2H3;/q-1;;;+1. The zero-order valence-electron chi connectivity index (χ0n) is 15.4. The summed E-state index contributed by atoms with van der Waals surface area (Å²) in [7, 11) is 2.24. The van der Waals surface area contributed by atoms with E-state index in [0.29, 0.717) is 0 Å². The summed E-state index contributed by atoms with van der Waals surface area (Å²) in [5, 5.41) is 4.41. The van der Waals surface area contributed by atoms with Gasteiger partial charge in [-0.05, 0) is 45.9 Å². The van der Waals surface area contributed by atoms with Crippen LogP contribution in [0.25, 0.3) is 5.32 Å². The van der Waals surface area contributed by atoms with Gasteiger partial charge in [-0.1, -0.05) is 20.3 Å². The molecule has 0 spiro atoms. The number of hydrogen-bond acceptors (Lipinski definition) is 3. The molecule has 5 heteroatoms. The molecule has 0 aliphatic carbocycles. The Morgan fingerprint density at radius 3 is 2.41 bits per heavy atom. The van der Waals surface area contributed by atoms with Crippen molar-refractivity contribution in [2.24, 2.45) is 0 Å². The second-order valence-corrected chi connectivity index (χ2v) is 6.52. The molecule has 4 aliphatic rings. The smallest absolute Gasteiger partial charge is 0.661 e. The van der Waals surface area contributed by atoms with Crippen LogP contribution in [-0.2, 0) is 0 Å². The molecule has 0 N–H and O–H groups in total. The Bertz CT molecular complexity index is 278. The molecule has 4 fully saturated rings. The van der Waals surface area contributed by atoms with Crippen molar-refractivity contribution in [2.45, 2.75) is 51.6 Å². The molecule has 0 aromatic rings. The van der Waals surface area contributed by atoms with Gasteiger partial charge in [0.2, 0.25) is 0 Å². The zero-order chi connectivity index (χ0) is 15.1. The van der Waals surface area contributed by atoms with E-state index < -0.39 is 0 Å². The van der Waals surface area contributed by atoms with Gasteiger partial charge in [-0.3, -0.25) is 0 Å². The van der Waals surface area contributed by atoms with Gasteiger partial charge in [0, 0.05) is 31.7 Å². The SMILES string of the molecule is C1CC2CC[N-]CCN2C1.CC.CN1CCN2CCC1C2.[K+]. The van der Waals surface area contributed by atoms with Crippen LogP contribution in [0.3, 0.4) is 0 Å². The van der Waals surface area contributed by atoms with E-state index in [1.165, 1.54) is 65.0 Å². The summed E-state index contributed by atoms with van der Waals surface area (Å²) in [6, 6.07) is 1.78. The summed E-state index contributed by atoms with van der Waals surface area (Å²) in [5.41, 5.74) is 0. The zero-order valence-corrected chi connectivity index (χ0v) is 18.6. The van der Waals surface area contributed by atoms with E-state index in [2.05, 4.69) is 27.1 Å². The van der Waals surface area contributed by atoms with Crippen molar-refractivity contribution in [3.63, 3.8) is 0 Å². The fourth-order valence-electron chi connectivity index (χ4n) is 3.92. The summed E-state index contributed by atoms with van der Waals surface area (Å²) in [4.78, 5) is 7.66. The molecule has 3 unspecified atom stereocenters. The molecule has 4 heterocycles. The van der Waals surface area contributed by atoms with Crippen molar-refractivity contribution in [3.8, 4) is 0 Å². The number of hydrogen-bond donors (Lipinski definition) is 0. The van der Waals surface area contributed by atoms with E-state index in [1.807, 2.05) is 13.8 Å². The molecule has 0 radical (unpaired) electrons. The number of likely N-dealkylation sites (N-methyl/N-ethyl adjacent to an activating group) is 1. The predicted molar refractivity (Wildman–Crippen MR) is 91.1 cm³/mol. The first-order valence-corrected chi connectivity index (χ1v) is 9.13. The summed E-state index contributed by atoms with van der Waals surface area (Å²) in [6.45, 7) is 14.0. The second-order valence-electron chi connectivity index (χ2n) is 6.52. The molecule has 22 heavy (non-hydrogen) atoms. The van der Waals surface area contributed by atoms with Gasteiger partial charge in [-0.2, -0.15) is 0 Å². The van der Waals surface area contributed by atoms with Crippen molar-refractivity contribution in [3.05, 3.63) is 5.32 Å². The van der Waals surface area contributed by atoms with Crippen molar-refractivity contribution in [1.29, 1.82) is 0 Å². The van der Waals surface area contributed by atoms with E-state index in [9.17, 15) is 0 Å². The number of rotatable bonds is 0. The summed E-state index contributed by atoms with van der Waals surface area (Å²) in [6.07, 6.45) is 5.57. The van der Waals surface area contributed by atoms with Crippen LogP contribution in [0.2, 0.25) is 0 Å². The minimum atomic E-state index is 0. The van der Waals surface area contributed by atoms with E-state index in [1.54, 1.807) is 0 Å². The molecule has 3 atom stereocenters. The molecule has 4 saturated heterocycles. The molecule has 0 amide bonds. The van der Waals surface area contributed by atoms with Gasteiger partial charge in [0.25, 0.3) is 0 Å². The third-order valence-corrected chi connectivity index (χ3v) is 5.30. The van der Waals surface area contributed by atoms with Gasteiger partial charge < -0.3 is 20.0 Å². The first-order valence-electron chi connectivity index (χ1n) is 9.13. The Kier molecular flexibility index (Phi) is 11.7. The first-order chi connectivity index (χ1) is 10.3. The average molecular weight is 335 g/mol. The molecular formula is C17H35KN4. The predicted octanol–water partition coefficient (Wildman–Crippen LogP) is -0.735. The summed E-state index contributed by atoms with van der Waals surface area (Å²) < 4.78 is 0. The minimum absolute atomic E-state index is 0. The maximum Gasteiger partial charge on any atom is 1.00 e. The molecule has 0 aromatic heterocycles. The summed E-state index contributed by atoms with van der Waals surface area (Å²) in [5.74, 6) is 0. The molecular weight excluding hydrogens is 299 g/mol. The number of piperazine rings is 1. The molecule has 2 bridgehead atoms. The number of nitrogens with zero attached hydrogens (tertiary/aromatic N) is 4. The Morgan fingerprint density at radius 1 is 0.818 bits per heavy atom. The van der Waals surface area contributed by atoms with Gasteiger partial charge in [-0.25, -0.2) is 0 Å². The van der Waals surface area contributed by atoms with Crippen LogP contribution in [0, 0.1) is 0 Å². The van der Waals surface area contributed by atoms with Crippen LogP contribution in [-0.4, -0.2) is 86.2 Å². The molecule has 0 saturated carbocycles. The van der Waals surface area contributed by atoms with Crippen molar-refractivity contribution in [1.82, 2.24) is 14.7 Å². The van der Waals surface area contributed by atoms with Gasteiger partial charge in [0.05, 0.1) is 0 Å². The van der Waals surface area contributed by atoms with Gasteiger partial charge in [-0.15, -0.1) is 13.1 Å². The maximum absolute atomic E-state index is 4.41. The van der Waals surface area contributed by atoms with Crippen molar-refractivity contribution in [2.75, 3.05) is 59.4 Å². The van der Waals surface area contributed by atoms with Crippen LogP contribution in [0.15, 0.2) is 0 Å². The van der Waals surface area contributed by atoms with E-state index >= 15 is 0 Å². The van der Waals surface area contributed by atoms with E-state index in [0.717, 1.165) is 25.2 Å². The normalized spacial score (nSPS) is 34.2. The van der Waals surface area contributed by atoms with Crippen LogP contribution in [0.4, 0.5) is 0 Å². The fraction of sp³-hybridized carbons (Fsp3) is 1.00. The first kappa shape index (κ1) is 21.5. The monoisotopic (exact) mass is 334 g/mol. The third-order valence-electron chi connectivity index (χ3n) is 5.30. The average Bonchev–Trinajstić information content (AvgIpc) is 3.08. The van der Waals surface area contributed by atoms with E-state index in [-0.39, 0.29) is 51.4 Å². The fourth-order valence-corrected chi connectivity index (χ4v) is 3.92.